The van der Waals surface area contributed by atoms with Gasteiger partial charge in [-0.25, -0.2) is 4.98 Å². The number of hydrogen-bond acceptors (Lipinski definition) is 2. The zero-order chi connectivity index (χ0) is 15.1. The fraction of sp³-hybridized carbons (Fsp3) is 0.133. The molecule has 21 heavy (non-hydrogen) atoms. The molecule has 0 bridgehead atoms. The van der Waals surface area contributed by atoms with Crippen molar-refractivity contribution < 1.29 is 5.11 Å². The maximum absolute atomic E-state index is 9.72. The standard InChI is InChI=1S/C15H11BrCl2N2O/c1-8-4-14-19-15(9-2-3-11(17)12(18)5-9)13(7-21)20(14)6-10(8)16/h2-6,21H,7H2,1H3. The predicted octanol–water partition coefficient (Wildman–Crippen LogP) is 4.87. The molecule has 3 aromatic rings. The molecular weight excluding hydrogens is 375 g/mol. The predicted molar refractivity (Wildman–Crippen MR) is 89.0 cm³/mol. The largest absolute Gasteiger partial charge is 0.390 e. The van der Waals surface area contributed by atoms with Crippen LogP contribution in [0.5, 0.6) is 0 Å². The molecule has 0 radical (unpaired) electrons. The van der Waals surface area contributed by atoms with Crippen molar-refractivity contribution in [3.63, 3.8) is 0 Å². The first-order valence-corrected chi connectivity index (χ1v) is 7.79. The number of halogens is 3. The molecule has 0 aliphatic carbocycles. The molecule has 2 heterocycles. The monoisotopic (exact) mass is 384 g/mol. The van der Waals surface area contributed by atoms with E-state index >= 15 is 0 Å². The molecule has 0 aliphatic heterocycles. The van der Waals surface area contributed by atoms with E-state index in [0.717, 1.165) is 21.2 Å². The highest BCUT2D eigenvalue weighted by atomic mass is 79.9. The Morgan fingerprint density at radius 3 is 2.67 bits per heavy atom. The number of fused-ring (bicyclic) bond motifs is 1. The molecule has 0 amide bonds. The molecular formula is C15H11BrCl2N2O. The van der Waals surface area contributed by atoms with Gasteiger partial charge in [-0.1, -0.05) is 29.3 Å². The molecule has 108 valence electrons. The Morgan fingerprint density at radius 2 is 2.00 bits per heavy atom. The summed E-state index contributed by atoms with van der Waals surface area (Å²) in [6.07, 6.45) is 1.91. The minimum absolute atomic E-state index is 0.119. The van der Waals surface area contributed by atoms with Crippen LogP contribution in [0.25, 0.3) is 16.9 Å². The first-order chi connectivity index (χ1) is 10.0. The van der Waals surface area contributed by atoms with E-state index in [-0.39, 0.29) is 6.61 Å². The number of aromatic nitrogens is 2. The molecule has 6 heteroatoms. The van der Waals surface area contributed by atoms with Gasteiger partial charge in [0, 0.05) is 16.2 Å². The van der Waals surface area contributed by atoms with Crippen molar-refractivity contribution in [3.8, 4) is 11.3 Å². The second-order valence-corrected chi connectivity index (χ2v) is 6.40. The quantitative estimate of drug-likeness (QED) is 0.683. The highest BCUT2D eigenvalue weighted by Crippen LogP contribution is 2.31. The fourth-order valence-electron chi connectivity index (χ4n) is 2.23. The van der Waals surface area contributed by atoms with Gasteiger partial charge in [0.1, 0.15) is 5.65 Å². The van der Waals surface area contributed by atoms with Gasteiger partial charge in [0.05, 0.1) is 28.0 Å². The van der Waals surface area contributed by atoms with Crippen LogP contribution in [-0.4, -0.2) is 14.5 Å². The number of pyridine rings is 1. The Balaban J connectivity index is 2.29. The molecule has 1 aromatic carbocycles. The molecule has 2 aromatic heterocycles. The lowest BCUT2D eigenvalue weighted by molar-refractivity contribution is 0.276. The Morgan fingerprint density at radius 1 is 1.24 bits per heavy atom. The van der Waals surface area contributed by atoms with Gasteiger partial charge in [-0.2, -0.15) is 0 Å². The van der Waals surface area contributed by atoms with Crippen molar-refractivity contribution in [3.05, 3.63) is 56.2 Å². The molecule has 0 atom stereocenters. The third-order valence-corrected chi connectivity index (χ3v) is 4.91. The number of aryl methyl sites for hydroxylation is 1. The van der Waals surface area contributed by atoms with Crippen LogP contribution in [0.3, 0.4) is 0 Å². The van der Waals surface area contributed by atoms with Crippen LogP contribution < -0.4 is 0 Å². The zero-order valence-corrected chi connectivity index (χ0v) is 14.2. The van der Waals surface area contributed by atoms with E-state index < -0.39 is 0 Å². The van der Waals surface area contributed by atoms with Crippen molar-refractivity contribution in [2.75, 3.05) is 0 Å². The number of benzene rings is 1. The lowest BCUT2D eigenvalue weighted by Crippen LogP contribution is -1.95. The molecule has 0 spiro atoms. The van der Waals surface area contributed by atoms with Crippen LogP contribution in [0.1, 0.15) is 11.3 Å². The minimum Gasteiger partial charge on any atom is -0.390 e. The average Bonchev–Trinajstić information content (AvgIpc) is 2.80. The maximum Gasteiger partial charge on any atom is 0.138 e. The lowest BCUT2D eigenvalue weighted by Gasteiger charge is -2.04. The van der Waals surface area contributed by atoms with Gasteiger partial charge in [0.25, 0.3) is 0 Å². The van der Waals surface area contributed by atoms with Crippen LogP contribution in [0, 0.1) is 6.92 Å². The molecule has 1 N–H and O–H groups in total. The Kier molecular flexibility index (Phi) is 3.97. The Hall–Kier alpha value is -1.07. The third kappa shape index (κ3) is 2.57. The van der Waals surface area contributed by atoms with Crippen molar-refractivity contribution >= 4 is 44.8 Å². The van der Waals surface area contributed by atoms with E-state index in [1.807, 2.05) is 29.7 Å². The highest BCUT2D eigenvalue weighted by Gasteiger charge is 2.15. The van der Waals surface area contributed by atoms with E-state index in [0.29, 0.717) is 21.4 Å². The van der Waals surface area contributed by atoms with Crippen molar-refractivity contribution in [2.24, 2.45) is 0 Å². The SMILES string of the molecule is Cc1cc2nc(-c3ccc(Cl)c(Cl)c3)c(CO)n2cc1Br. The summed E-state index contributed by atoms with van der Waals surface area (Å²) in [6, 6.07) is 7.29. The third-order valence-electron chi connectivity index (χ3n) is 3.34. The molecule has 3 rings (SSSR count). The second kappa shape index (κ2) is 5.61. The summed E-state index contributed by atoms with van der Waals surface area (Å²) in [5.74, 6) is 0. The van der Waals surface area contributed by atoms with Gasteiger partial charge < -0.3 is 5.11 Å². The molecule has 0 fully saturated rings. The van der Waals surface area contributed by atoms with Crippen molar-refractivity contribution in [1.29, 1.82) is 0 Å². The highest BCUT2D eigenvalue weighted by molar-refractivity contribution is 9.10. The van der Waals surface area contributed by atoms with E-state index in [1.165, 1.54) is 0 Å². The van der Waals surface area contributed by atoms with E-state index in [9.17, 15) is 5.11 Å². The number of aliphatic hydroxyl groups is 1. The second-order valence-electron chi connectivity index (χ2n) is 4.73. The van der Waals surface area contributed by atoms with Crippen LogP contribution in [-0.2, 0) is 6.61 Å². The van der Waals surface area contributed by atoms with Crippen LogP contribution in [0.4, 0.5) is 0 Å². The smallest absolute Gasteiger partial charge is 0.138 e. The summed E-state index contributed by atoms with van der Waals surface area (Å²) in [5, 5.41) is 10.7. The van der Waals surface area contributed by atoms with Gasteiger partial charge in [-0.15, -0.1) is 0 Å². The Bertz CT molecular complexity index is 845. The number of nitrogens with zero attached hydrogens (tertiary/aromatic N) is 2. The summed E-state index contributed by atoms with van der Waals surface area (Å²) < 4.78 is 2.83. The summed E-state index contributed by atoms with van der Waals surface area (Å²) >= 11 is 15.5. The van der Waals surface area contributed by atoms with Gasteiger partial charge in [-0.05, 0) is 46.6 Å². The molecule has 3 nitrogen and oxygen atoms in total. The van der Waals surface area contributed by atoms with Gasteiger partial charge >= 0.3 is 0 Å². The summed E-state index contributed by atoms with van der Waals surface area (Å²) in [5.41, 5.74) is 4.10. The van der Waals surface area contributed by atoms with Crippen LogP contribution in [0.2, 0.25) is 10.0 Å². The number of imidazole rings is 1. The van der Waals surface area contributed by atoms with Gasteiger partial charge in [0.2, 0.25) is 0 Å². The summed E-state index contributed by atoms with van der Waals surface area (Å²) in [7, 11) is 0. The van der Waals surface area contributed by atoms with Gasteiger partial charge in [-0.3, -0.25) is 4.40 Å². The Labute approximate surface area is 140 Å². The lowest BCUT2D eigenvalue weighted by atomic mass is 10.1. The average molecular weight is 386 g/mol. The number of hydrogen-bond donors (Lipinski definition) is 1. The first kappa shape index (κ1) is 14.9. The maximum atomic E-state index is 9.72. The van der Waals surface area contributed by atoms with Crippen molar-refractivity contribution in [2.45, 2.75) is 13.5 Å². The molecule has 0 unspecified atom stereocenters. The molecule has 0 aliphatic rings. The zero-order valence-electron chi connectivity index (χ0n) is 11.1. The molecule has 0 saturated heterocycles. The normalized spacial score (nSPS) is 11.3. The fourth-order valence-corrected chi connectivity index (χ4v) is 2.85. The van der Waals surface area contributed by atoms with Crippen LogP contribution in [0.15, 0.2) is 34.9 Å². The topological polar surface area (TPSA) is 37.5 Å². The van der Waals surface area contributed by atoms with E-state index in [1.54, 1.807) is 12.1 Å². The number of aliphatic hydroxyl groups excluding tert-OH is 1. The minimum atomic E-state index is -0.119. The summed E-state index contributed by atoms with van der Waals surface area (Å²) in [6.45, 7) is 1.88. The van der Waals surface area contributed by atoms with E-state index in [4.69, 9.17) is 23.2 Å². The van der Waals surface area contributed by atoms with E-state index in [2.05, 4.69) is 20.9 Å². The van der Waals surface area contributed by atoms with Gasteiger partial charge in [0.15, 0.2) is 0 Å². The summed E-state index contributed by atoms with van der Waals surface area (Å²) in [4.78, 5) is 4.61. The molecule has 0 saturated carbocycles. The number of rotatable bonds is 2. The van der Waals surface area contributed by atoms with Crippen LogP contribution >= 0.6 is 39.1 Å². The first-order valence-electron chi connectivity index (χ1n) is 6.24. The van der Waals surface area contributed by atoms with Crippen molar-refractivity contribution in [1.82, 2.24) is 9.38 Å².